The highest BCUT2D eigenvalue weighted by Gasteiger charge is 2.27. The van der Waals surface area contributed by atoms with Gasteiger partial charge in [-0.05, 0) is 29.8 Å². The Morgan fingerprint density at radius 2 is 1.82 bits per heavy atom. The van der Waals surface area contributed by atoms with E-state index < -0.39 is 6.04 Å². The van der Waals surface area contributed by atoms with Crippen LogP contribution in [-0.4, -0.2) is 27.6 Å². The summed E-state index contributed by atoms with van der Waals surface area (Å²) >= 11 is 12.5. The van der Waals surface area contributed by atoms with Crippen LogP contribution in [0.25, 0.3) is 0 Å². The number of anilines is 2. The van der Waals surface area contributed by atoms with Gasteiger partial charge in [0.05, 0.1) is 11.4 Å². The maximum Gasteiger partial charge on any atom is 0.249 e. The molecule has 0 spiro atoms. The Kier molecular flexibility index (Phi) is 4.98. The molecule has 8 heteroatoms. The molecule has 4 rings (SSSR count). The number of nitrogen functional groups attached to an aromatic ring is 1. The number of aliphatic imine (C=N–C) groups is 1. The Morgan fingerprint density at radius 1 is 1.07 bits per heavy atom. The topological polar surface area (TPSA) is 93.3 Å². The predicted molar refractivity (Wildman–Crippen MR) is 111 cm³/mol. The summed E-state index contributed by atoms with van der Waals surface area (Å²) < 4.78 is 0. The fourth-order valence-corrected chi connectivity index (χ4v) is 3.41. The highest BCUT2D eigenvalue weighted by molar-refractivity contribution is 6.32. The first-order chi connectivity index (χ1) is 13.5. The van der Waals surface area contributed by atoms with Crippen LogP contribution < -0.4 is 11.1 Å². The Morgan fingerprint density at radius 3 is 2.57 bits per heavy atom. The van der Waals surface area contributed by atoms with Gasteiger partial charge in [-0.1, -0.05) is 41.4 Å². The number of benzodiazepines with no additional fused rings is 1. The van der Waals surface area contributed by atoms with Crippen LogP contribution in [0.1, 0.15) is 16.7 Å². The fraction of sp³-hybridized carbons (Fsp3) is 0.100. The van der Waals surface area contributed by atoms with Gasteiger partial charge in [0.15, 0.2) is 0 Å². The summed E-state index contributed by atoms with van der Waals surface area (Å²) in [5.41, 5.74) is 8.96. The molecule has 1 unspecified atom stereocenters. The molecular formula is C20H15Cl2N5O. The van der Waals surface area contributed by atoms with Gasteiger partial charge in [-0.15, -0.1) is 0 Å². The molecule has 2 aromatic carbocycles. The van der Waals surface area contributed by atoms with Crippen LogP contribution in [-0.2, 0) is 11.2 Å². The lowest BCUT2D eigenvalue weighted by Crippen LogP contribution is -2.27. The number of benzene rings is 2. The third-order valence-corrected chi connectivity index (χ3v) is 5.00. The van der Waals surface area contributed by atoms with Gasteiger partial charge in [-0.25, -0.2) is 9.97 Å². The summed E-state index contributed by atoms with van der Waals surface area (Å²) in [6.45, 7) is 0. The number of carbonyl (C=O) groups is 1. The van der Waals surface area contributed by atoms with Crippen LogP contribution in [0.15, 0.2) is 59.9 Å². The molecule has 0 saturated heterocycles. The number of aromatic nitrogens is 2. The SMILES string of the molecule is Nc1ncc(C2=NC(Cc3ccccc3Cl)C(=O)Nc3ccc(Cl)cc32)cn1. The Hall–Kier alpha value is -2.96. The zero-order chi connectivity index (χ0) is 19.7. The highest BCUT2D eigenvalue weighted by atomic mass is 35.5. The first-order valence-corrected chi connectivity index (χ1v) is 9.27. The predicted octanol–water partition coefficient (Wildman–Crippen LogP) is 3.77. The summed E-state index contributed by atoms with van der Waals surface area (Å²) in [5, 5.41) is 4.05. The molecule has 28 heavy (non-hydrogen) atoms. The van der Waals surface area contributed by atoms with E-state index in [1.807, 2.05) is 18.2 Å². The molecule has 1 amide bonds. The Balaban J connectivity index is 1.84. The summed E-state index contributed by atoms with van der Waals surface area (Å²) in [4.78, 5) is 25.7. The maximum absolute atomic E-state index is 12.9. The molecule has 0 saturated carbocycles. The zero-order valence-corrected chi connectivity index (χ0v) is 16.1. The lowest BCUT2D eigenvalue weighted by Gasteiger charge is -2.12. The van der Waals surface area contributed by atoms with Crippen molar-refractivity contribution in [2.75, 3.05) is 11.1 Å². The maximum atomic E-state index is 12.9. The van der Waals surface area contributed by atoms with Crippen molar-refractivity contribution in [2.24, 2.45) is 4.99 Å². The van der Waals surface area contributed by atoms with Crippen LogP contribution in [0.2, 0.25) is 10.0 Å². The van der Waals surface area contributed by atoms with E-state index in [0.717, 1.165) is 5.56 Å². The van der Waals surface area contributed by atoms with Gasteiger partial charge in [-0.2, -0.15) is 0 Å². The van der Waals surface area contributed by atoms with E-state index in [1.54, 1.807) is 36.7 Å². The number of nitrogens with one attached hydrogen (secondary N) is 1. The number of rotatable bonds is 3. The van der Waals surface area contributed by atoms with Crippen molar-refractivity contribution in [1.82, 2.24) is 9.97 Å². The molecule has 0 aliphatic carbocycles. The molecule has 0 bridgehead atoms. The lowest BCUT2D eigenvalue weighted by molar-refractivity contribution is -0.117. The second-order valence-electron chi connectivity index (χ2n) is 6.30. The quantitative estimate of drug-likeness (QED) is 0.685. The minimum atomic E-state index is -0.682. The minimum Gasteiger partial charge on any atom is -0.368 e. The smallest absolute Gasteiger partial charge is 0.249 e. The van der Waals surface area contributed by atoms with Gasteiger partial charge in [0.2, 0.25) is 11.9 Å². The van der Waals surface area contributed by atoms with Crippen LogP contribution >= 0.6 is 23.2 Å². The Labute approximate surface area is 171 Å². The van der Waals surface area contributed by atoms with Gasteiger partial charge in [0, 0.05) is 40.0 Å². The Bertz CT molecular complexity index is 1080. The molecule has 3 aromatic rings. The van der Waals surface area contributed by atoms with Crippen LogP contribution in [0.3, 0.4) is 0 Å². The van der Waals surface area contributed by atoms with Crippen molar-refractivity contribution in [3.63, 3.8) is 0 Å². The number of amides is 1. The van der Waals surface area contributed by atoms with Gasteiger partial charge in [0.25, 0.3) is 0 Å². The minimum absolute atomic E-state index is 0.158. The zero-order valence-electron chi connectivity index (χ0n) is 14.6. The molecule has 1 aliphatic heterocycles. The molecule has 3 N–H and O–H groups in total. The number of hydrogen-bond donors (Lipinski definition) is 2. The molecule has 0 radical (unpaired) electrons. The first kappa shape index (κ1) is 18.4. The van der Waals surface area contributed by atoms with E-state index in [0.29, 0.717) is 39.0 Å². The number of nitrogens with two attached hydrogens (primary N) is 1. The summed E-state index contributed by atoms with van der Waals surface area (Å²) in [6, 6.07) is 11.9. The van der Waals surface area contributed by atoms with Crippen LogP contribution in [0.5, 0.6) is 0 Å². The molecule has 1 aliphatic rings. The summed E-state index contributed by atoms with van der Waals surface area (Å²) in [7, 11) is 0. The fourth-order valence-electron chi connectivity index (χ4n) is 3.02. The van der Waals surface area contributed by atoms with Crippen LogP contribution in [0.4, 0.5) is 11.6 Å². The van der Waals surface area contributed by atoms with Crippen molar-refractivity contribution < 1.29 is 4.79 Å². The van der Waals surface area contributed by atoms with Crippen molar-refractivity contribution in [1.29, 1.82) is 0 Å². The first-order valence-electron chi connectivity index (χ1n) is 8.51. The van der Waals surface area contributed by atoms with E-state index in [1.165, 1.54) is 0 Å². The third kappa shape index (κ3) is 3.69. The van der Waals surface area contributed by atoms with E-state index >= 15 is 0 Å². The van der Waals surface area contributed by atoms with Crippen molar-refractivity contribution in [3.8, 4) is 0 Å². The molecule has 2 heterocycles. The van der Waals surface area contributed by atoms with Gasteiger partial charge < -0.3 is 11.1 Å². The van der Waals surface area contributed by atoms with Gasteiger partial charge >= 0.3 is 0 Å². The van der Waals surface area contributed by atoms with Crippen molar-refractivity contribution in [3.05, 3.63) is 81.6 Å². The van der Waals surface area contributed by atoms with Crippen molar-refractivity contribution >= 4 is 46.5 Å². The molecule has 1 atom stereocenters. The summed E-state index contributed by atoms with van der Waals surface area (Å²) in [6.07, 6.45) is 3.51. The number of hydrogen-bond acceptors (Lipinski definition) is 5. The number of nitrogens with zero attached hydrogens (tertiary/aromatic N) is 3. The summed E-state index contributed by atoms with van der Waals surface area (Å²) in [5.74, 6) is -0.0686. The number of carbonyl (C=O) groups excluding carboxylic acids is 1. The average Bonchev–Trinajstić information content (AvgIpc) is 2.81. The molecule has 1 aromatic heterocycles. The van der Waals surface area contributed by atoms with E-state index in [2.05, 4.69) is 15.3 Å². The normalized spacial score (nSPS) is 16.0. The van der Waals surface area contributed by atoms with Gasteiger partial charge in [-0.3, -0.25) is 9.79 Å². The molecule has 140 valence electrons. The van der Waals surface area contributed by atoms with Crippen LogP contribution in [0, 0.1) is 0 Å². The number of halogens is 2. The molecule has 0 fully saturated rings. The lowest BCUT2D eigenvalue weighted by atomic mass is 10.0. The second-order valence-corrected chi connectivity index (χ2v) is 7.14. The van der Waals surface area contributed by atoms with E-state index in [-0.39, 0.29) is 11.9 Å². The average molecular weight is 412 g/mol. The van der Waals surface area contributed by atoms with E-state index in [9.17, 15) is 4.79 Å². The highest BCUT2D eigenvalue weighted by Crippen LogP contribution is 2.28. The number of fused-ring (bicyclic) bond motifs is 1. The van der Waals surface area contributed by atoms with Crippen molar-refractivity contribution in [2.45, 2.75) is 12.5 Å². The monoisotopic (exact) mass is 411 g/mol. The second kappa shape index (κ2) is 7.58. The molecule has 6 nitrogen and oxygen atoms in total. The third-order valence-electron chi connectivity index (χ3n) is 4.40. The standard InChI is InChI=1S/C20H15Cl2N5O/c21-13-5-6-16-14(8-13)18(12-9-24-20(23)25-10-12)26-17(19(28)27-16)7-11-3-1-2-4-15(11)22/h1-6,8-10,17H,7H2,(H,27,28)(H2,23,24,25). The van der Waals surface area contributed by atoms with E-state index in [4.69, 9.17) is 33.9 Å². The largest absolute Gasteiger partial charge is 0.368 e. The van der Waals surface area contributed by atoms with Gasteiger partial charge in [0.1, 0.15) is 6.04 Å². The molecular weight excluding hydrogens is 397 g/mol.